The minimum absolute atomic E-state index is 0.132. The third-order valence-electron chi connectivity index (χ3n) is 23.5. The number of fused-ring (bicyclic) bond motifs is 4. The summed E-state index contributed by atoms with van der Waals surface area (Å²) in [5.74, 6) is 1.69. The molecule has 3 atom stereocenters. The minimum Gasteiger partial charge on any atom is -0.487 e. The molecule has 5 aliphatic heterocycles. The van der Waals surface area contributed by atoms with Gasteiger partial charge in [0, 0.05) is 132 Å². The highest BCUT2D eigenvalue weighted by atomic mass is 16.5. The van der Waals surface area contributed by atoms with Crippen LogP contribution < -0.4 is 77.8 Å². The van der Waals surface area contributed by atoms with Crippen LogP contribution >= 0.6 is 0 Å². The number of anilines is 9. The van der Waals surface area contributed by atoms with E-state index >= 15 is 0 Å². The fraction of sp³-hybridized carbons (Fsp3) is 0.260. The summed E-state index contributed by atoms with van der Waals surface area (Å²) in [6.45, 7) is 10.2. The number of piperidine rings is 3. The van der Waals surface area contributed by atoms with Gasteiger partial charge in [0.1, 0.15) is 41.8 Å². The van der Waals surface area contributed by atoms with Crippen LogP contribution in [0, 0.1) is 0 Å². The van der Waals surface area contributed by atoms with Crippen molar-refractivity contribution in [2.45, 2.75) is 63.2 Å². The van der Waals surface area contributed by atoms with Gasteiger partial charge in [-0.3, -0.25) is 38.8 Å². The summed E-state index contributed by atoms with van der Waals surface area (Å²) in [7, 11) is 3.19. The second-order valence-electron chi connectivity index (χ2n) is 32.8. The molecule has 0 saturated carbocycles. The molecule has 15 aromatic rings. The first kappa shape index (κ1) is 90.5. The van der Waals surface area contributed by atoms with Crippen LogP contribution in [0.1, 0.15) is 96.4 Å². The Morgan fingerprint density at radius 1 is 0.388 bits per heavy atom. The Hall–Kier alpha value is -15.5. The molecule has 5 aliphatic rings. The van der Waals surface area contributed by atoms with Gasteiger partial charge in [-0.05, 0) is 159 Å². The highest BCUT2D eigenvalue weighted by Gasteiger charge is 2.33. The summed E-state index contributed by atoms with van der Waals surface area (Å²) < 4.78 is 27.1. The Morgan fingerprint density at radius 3 is 1.16 bits per heavy atom. The summed E-state index contributed by atoms with van der Waals surface area (Å²) in [5, 5.41) is 31.7. The number of amides is 5. The second kappa shape index (κ2) is 43.1. The average Bonchev–Trinajstić information content (AvgIpc) is 1.67. The molecule has 20 rings (SSSR count). The normalized spacial score (nSPS) is 15.9. The zero-order chi connectivity index (χ0) is 92.2. The first-order chi connectivity index (χ1) is 65.6. The molecular formula is C100H105N25O9. The molecular weight excluding hydrogens is 1700 g/mol. The van der Waals surface area contributed by atoms with Crippen LogP contribution in [0.15, 0.2) is 262 Å². The van der Waals surface area contributed by atoms with Gasteiger partial charge in [-0.15, -0.1) is 0 Å². The van der Waals surface area contributed by atoms with Gasteiger partial charge >= 0.3 is 0 Å². The number of rotatable bonds is 24. The zero-order valence-corrected chi connectivity index (χ0v) is 74.4. The van der Waals surface area contributed by atoms with Gasteiger partial charge in [0.15, 0.2) is 29.0 Å². The van der Waals surface area contributed by atoms with Gasteiger partial charge in [-0.25, -0.2) is 34.0 Å². The molecule has 5 amide bonds. The van der Waals surface area contributed by atoms with E-state index in [-0.39, 0.29) is 59.9 Å². The molecule has 4 saturated heterocycles. The monoisotopic (exact) mass is 1800 g/mol. The first-order valence-electron chi connectivity index (χ1n) is 44.8. The lowest BCUT2D eigenvalue weighted by molar-refractivity contribution is 0.0988. The summed E-state index contributed by atoms with van der Waals surface area (Å²) >= 11 is 0. The van der Waals surface area contributed by atoms with Crippen molar-refractivity contribution in [1.29, 1.82) is 0 Å². The molecule has 34 nitrogen and oxygen atoms in total. The average molecular weight is 1800 g/mol. The predicted molar refractivity (Wildman–Crippen MR) is 519 cm³/mol. The first-order valence-corrected chi connectivity index (χ1v) is 44.8. The van der Waals surface area contributed by atoms with Crippen LogP contribution in [-0.2, 0) is 16.0 Å². The van der Waals surface area contributed by atoms with Crippen LogP contribution in [0.25, 0.3) is 50.2 Å². The lowest BCUT2D eigenvalue weighted by Crippen LogP contribution is -2.43. The Labute approximate surface area is 773 Å². The Morgan fingerprint density at radius 2 is 0.746 bits per heavy atom. The number of para-hydroxylation sites is 7. The van der Waals surface area contributed by atoms with Gasteiger partial charge in [0.2, 0.25) is 0 Å². The topological polar surface area (TPSA) is 407 Å². The Bertz CT molecular complexity index is 6200. The smallest absolute Gasteiger partial charge is 0.274 e. The highest BCUT2D eigenvalue weighted by molar-refractivity contribution is 6.11. The summed E-state index contributed by atoms with van der Waals surface area (Å²) in [6, 6.07) is 68.3. The largest absolute Gasteiger partial charge is 0.487 e. The van der Waals surface area contributed by atoms with Gasteiger partial charge in [0.25, 0.3) is 29.5 Å². The van der Waals surface area contributed by atoms with Gasteiger partial charge < -0.3 is 82.3 Å². The van der Waals surface area contributed by atoms with Crippen LogP contribution in [0.3, 0.4) is 0 Å². The maximum Gasteiger partial charge on any atom is 0.274 e. The Kier molecular flexibility index (Phi) is 29.1. The molecule has 0 aliphatic carbocycles. The SMILES string of the molecule is COCCOc1cc2c(cc1OCCOC)C(=O)N(c1cccc(C(=O)Nc3cnccc3N3CCNCC3)n1)C2.N[C@@H]1CCCN(c2ccccc2NC(=O)c2cccc(-n3ncc4ccccc43)n2)C1.N[C@H]1CCCN(c2ccccc2NC(=O)c2cccc(-n3ncc4ccccc43)n2)C1.N[C@H]1CCCN(c2ccncc2NC(=O)c2cccc(-n3ncc4ccccc43)n2)C1. The number of nitrogens with two attached hydrogens (primary N) is 3. The number of hydrogen-bond acceptors (Lipinski definition) is 26. The van der Waals surface area contributed by atoms with Crippen molar-refractivity contribution in [3.05, 3.63) is 296 Å². The number of carbonyl (C=O) groups is 5. The van der Waals surface area contributed by atoms with Crippen LogP contribution in [0.2, 0.25) is 0 Å². The summed E-state index contributed by atoms with van der Waals surface area (Å²) in [4.78, 5) is 103. The zero-order valence-electron chi connectivity index (χ0n) is 74.4. The molecule has 0 unspecified atom stereocenters. The second-order valence-corrected chi connectivity index (χ2v) is 32.8. The molecule has 11 N–H and O–H groups in total. The molecule has 6 aromatic carbocycles. The molecule has 0 radical (unpaired) electrons. The van der Waals surface area contributed by atoms with Crippen molar-refractivity contribution in [2.24, 2.45) is 17.2 Å². The summed E-state index contributed by atoms with van der Waals surface area (Å²) in [6.07, 6.45) is 18.3. The van der Waals surface area contributed by atoms with E-state index in [9.17, 15) is 24.0 Å². The number of ether oxygens (including phenoxy) is 4. The number of piperazine rings is 1. The number of nitrogens with one attached hydrogen (secondary N) is 5. The van der Waals surface area contributed by atoms with Crippen LogP contribution in [0.5, 0.6) is 11.5 Å². The van der Waals surface area contributed by atoms with Gasteiger partial charge in [0.05, 0.1) is 113 Å². The van der Waals surface area contributed by atoms with Crippen LogP contribution in [0.4, 0.5) is 51.3 Å². The molecule has 684 valence electrons. The van der Waals surface area contributed by atoms with Gasteiger partial charge in [-0.2, -0.15) is 15.3 Å². The van der Waals surface area contributed by atoms with Crippen molar-refractivity contribution in [3.63, 3.8) is 0 Å². The van der Waals surface area contributed by atoms with E-state index in [1.807, 2.05) is 176 Å². The van der Waals surface area contributed by atoms with Crippen molar-refractivity contribution >= 4 is 114 Å². The summed E-state index contributed by atoms with van der Waals surface area (Å²) in [5.41, 5.74) is 30.3. The molecule has 0 spiro atoms. The standard InChI is InChI=1S/C29H34N6O6.2C24H24N6O.C23H23N7O/c1-38-12-14-40-25-16-20-19-35(29(37)21(20)17-26(25)41-15-13-39-2)27-5-3-4-22(32-27)28(36)33-23-18-31-7-6-24(23)34-10-8-30-9-11-34;2*25-18-8-6-14-29(16-18)22-12-4-2-9-19(22)28-24(31)20-10-5-13-23(27-20)30-21-11-3-1-7-17(21)15-26-30;24-17-6-4-12-29(15-17)21-10-11-25-14-19(21)28-23(31)18-7-3-9-22(27-18)30-20-8-2-1-5-16(20)13-26-30/h3-7,16-18,30H,8-15,19H2,1-2H3,(H,33,36);2*1-5,7,9-13,15,18H,6,8,14,16,25H2,(H,28,31);1-3,5,7-11,13-14,17H,4,6,12,15,24H2,(H,28,31)/t;2*18-;17-/m.100/s1. The number of pyridine rings is 6. The molecule has 0 bridgehead atoms. The van der Waals surface area contributed by atoms with Crippen molar-refractivity contribution < 1.29 is 42.9 Å². The van der Waals surface area contributed by atoms with Crippen molar-refractivity contribution in [2.75, 3.05) is 152 Å². The molecule has 14 heterocycles. The highest BCUT2D eigenvalue weighted by Crippen LogP contribution is 2.39. The van der Waals surface area contributed by atoms with E-state index in [0.29, 0.717) is 95.2 Å². The van der Waals surface area contributed by atoms with E-state index in [4.69, 9.17) is 36.1 Å². The molecule has 4 fully saturated rings. The molecule has 134 heavy (non-hydrogen) atoms. The lowest BCUT2D eigenvalue weighted by atomic mass is 10.1. The number of carbonyl (C=O) groups excluding carboxylic acids is 5. The minimum atomic E-state index is -0.386. The lowest BCUT2D eigenvalue weighted by Gasteiger charge is -2.33. The molecule has 9 aromatic heterocycles. The Balaban J connectivity index is 0.000000125. The van der Waals surface area contributed by atoms with Crippen LogP contribution in [-0.4, -0.2) is 213 Å². The third kappa shape index (κ3) is 21.6. The number of hydrogen-bond donors (Lipinski definition) is 8. The quantitative estimate of drug-likeness (QED) is 0.0260. The van der Waals surface area contributed by atoms with E-state index in [1.54, 1.807) is 114 Å². The predicted octanol–water partition coefficient (Wildman–Crippen LogP) is 12.5. The molecule has 34 heteroatoms. The van der Waals surface area contributed by atoms with E-state index < -0.39 is 0 Å². The maximum atomic E-state index is 13.5. The number of methoxy groups -OCH3 is 2. The fourth-order valence-corrected chi connectivity index (χ4v) is 16.9. The number of aromatic nitrogens is 12. The maximum absolute atomic E-state index is 13.5. The van der Waals surface area contributed by atoms with E-state index in [2.05, 4.69) is 91.4 Å². The number of nitrogens with zero attached hydrogens (tertiary/aromatic N) is 17. The van der Waals surface area contributed by atoms with Crippen molar-refractivity contribution in [3.8, 4) is 29.0 Å². The van der Waals surface area contributed by atoms with Gasteiger partial charge in [-0.1, -0.05) is 103 Å². The fourth-order valence-electron chi connectivity index (χ4n) is 16.9. The van der Waals surface area contributed by atoms with E-state index in [0.717, 1.165) is 176 Å². The van der Waals surface area contributed by atoms with Crippen molar-refractivity contribution in [1.82, 2.24) is 64.6 Å². The van der Waals surface area contributed by atoms with E-state index in [1.165, 1.54) is 4.90 Å². The number of benzene rings is 6. The third-order valence-corrected chi connectivity index (χ3v) is 23.5.